The first-order valence-corrected chi connectivity index (χ1v) is 8.44. The Bertz CT molecular complexity index is 922. The van der Waals surface area contributed by atoms with E-state index in [1.807, 2.05) is 0 Å². The Balaban J connectivity index is 2.33. The van der Waals surface area contributed by atoms with Gasteiger partial charge >= 0.3 is 0 Å². The Morgan fingerprint density at radius 3 is 2.50 bits per heavy atom. The molecule has 0 spiro atoms. The molecule has 0 bridgehead atoms. The molecule has 0 saturated carbocycles. The molecule has 0 aliphatic carbocycles. The molecule has 6 heteroatoms. The second-order valence-electron chi connectivity index (χ2n) is 6.05. The van der Waals surface area contributed by atoms with Gasteiger partial charge in [0.2, 0.25) is 0 Å². The number of carbonyl (C=O) groups excluding carboxylic acids is 1. The van der Waals surface area contributed by atoms with Crippen LogP contribution in [0.15, 0.2) is 59.2 Å². The molecule has 4 nitrogen and oxygen atoms in total. The number of aliphatic imine (C=N–C) groups is 1. The third-order valence-electron chi connectivity index (χ3n) is 4.02. The third kappa shape index (κ3) is 3.22. The van der Waals surface area contributed by atoms with Crippen molar-refractivity contribution >= 4 is 23.1 Å². The number of rotatable bonds is 3. The summed E-state index contributed by atoms with van der Waals surface area (Å²) in [5.74, 6) is -0.396. The van der Waals surface area contributed by atoms with E-state index < -0.39 is 11.3 Å². The van der Waals surface area contributed by atoms with E-state index in [2.05, 4.69) is 4.99 Å². The number of carbonyl (C=O) groups is 1. The first-order chi connectivity index (χ1) is 12.4. The highest BCUT2D eigenvalue weighted by Crippen LogP contribution is 2.32. The predicted octanol–water partition coefficient (Wildman–Crippen LogP) is 3.88. The van der Waals surface area contributed by atoms with Crippen molar-refractivity contribution in [3.05, 3.63) is 76.7 Å². The van der Waals surface area contributed by atoms with E-state index in [-0.39, 0.29) is 11.3 Å². The molecule has 0 radical (unpaired) electrons. The van der Waals surface area contributed by atoms with Crippen molar-refractivity contribution < 1.29 is 13.9 Å². The van der Waals surface area contributed by atoms with E-state index in [1.54, 1.807) is 61.6 Å². The van der Waals surface area contributed by atoms with Crippen molar-refractivity contribution in [1.82, 2.24) is 4.90 Å². The van der Waals surface area contributed by atoms with Crippen LogP contribution in [0, 0.1) is 5.82 Å². The van der Waals surface area contributed by atoms with Crippen molar-refractivity contribution in [1.29, 1.82) is 0 Å². The zero-order valence-corrected chi connectivity index (χ0v) is 15.4. The zero-order valence-electron chi connectivity index (χ0n) is 14.7. The number of hydrogen-bond acceptors (Lipinski definition) is 4. The molecule has 0 fully saturated rings. The summed E-state index contributed by atoms with van der Waals surface area (Å²) in [6.45, 7) is 0. The molecule has 0 saturated heterocycles. The minimum atomic E-state index is -0.948. The summed E-state index contributed by atoms with van der Waals surface area (Å²) in [5, 5.41) is 0. The Morgan fingerprint density at radius 2 is 1.85 bits per heavy atom. The lowest BCUT2D eigenvalue weighted by Crippen LogP contribution is -2.15. The van der Waals surface area contributed by atoms with Gasteiger partial charge in [-0.2, -0.15) is 0 Å². The number of fused-ring (bicyclic) bond motifs is 1. The maximum atomic E-state index is 14.7. The van der Waals surface area contributed by atoms with Gasteiger partial charge in [0.1, 0.15) is 11.6 Å². The number of benzene rings is 2. The molecule has 134 valence electrons. The maximum absolute atomic E-state index is 14.7. The number of hydrogen-bond donors (Lipinski definition) is 0. The number of Topliss-reactive ketones (excluding diaryl/α,β-unsaturated/α-hetero) is 1. The quantitative estimate of drug-likeness (QED) is 0.466. The van der Waals surface area contributed by atoms with Crippen molar-refractivity contribution in [2.24, 2.45) is 4.99 Å². The van der Waals surface area contributed by atoms with E-state index >= 15 is 0 Å². The van der Waals surface area contributed by atoms with Crippen LogP contribution >= 0.6 is 11.6 Å². The molecule has 1 heterocycles. The summed E-state index contributed by atoms with van der Waals surface area (Å²) in [7, 11) is 5.05. The van der Waals surface area contributed by atoms with E-state index in [9.17, 15) is 9.18 Å². The minimum Gasteiger partial charge on any atom is -0.496 e. The van der Waals surface area contributed by atoms with Gasteiger partial charge in [0.25, 0.3) is 0 Å². The fraction of sp³-hybridized carbons (Fsp3) is 0.200. The normalized spacial score (nSPS) is 18.2. The van der Waals surface area contributed by atoms with Gasteiger partial charge in [-0.05, 0) is 12.1 Å². The fourth-order valence-corrected chi connectivity index (χ4v) is 3.16. The molecule has 1 aliphatic rings. The second kappa shape index (κ2) is 7.30. The average molecular weight is 373 g/mol. The largest absolute Gasteiger partial charge is 0.496 e. The van der Waals surface area contributed by atoms with Crippen LogP contribution in [0.1, 0.15) is 21.5 Å². The Hall–Kier alpha value is -2.66. The summed E-state index contributed by atoms with van der Waals surface area (Å²) in [4.78, 5) is 19.2. The summed E-state index contributed by atoms with van der Waals surface area (Å²) in [6.07, 6.45) is 1.64. The Labute approximate surface area is 156 Å². The molecular formula is C20H18ClFN2O2. The Kier molecular flexibility index (Phi) is 5.09. The topological polar surface area (TPSA) is 41.9 Å². The van der Waals surface area contributed by atoms with Crippen molar-refractivity contribution in [3.63, 3.8) is 0 Å². The number of ether oxygens (including phenoxy) is 1. The standard InChI is InChI=1S/C20H18ClFN2O2/c1-24(2)11-14-19(25)13-8-5-4-7-12(13)18(23-20(14)21)17-15(22)9-6-10-16(17)26-3/h4-11,20H,1-3H3. The van der Waals surface area contributed by atoms with Gasteiger partial charge in [-0.3, -0.25) is 9.79 Å². The lowest BCUT2D eigenvalue weighted by atomic mass is 9.93. The van der Waals surface area contributed by atoms with Crippen LogP contribution in [0.25, 0.3) is 0 Å². The fourth-order valence-electron chi connectivity index (χ4n) is 2.91. The van der Waals surface area contributed by atoms with Crippen LogP contribution in [-0.4, -0.2) is 43.1 Å². The maximum Gasteiger partial charge on any atom is 0.194 e. The number of ketones is 1. The zero-order chi connectivity index (χ0) is 18.8. The summed E-state index contributed by atoms with van der Waals surface area (Å²) in [6, 6.07) is 11.5. The van der Waals surface area contributed by atoms with Crippen LogP contribution in [0.5, 0.6) is 5.75 Å². The van der Waals surface area contributed by atoms with Gasteiger partial charge in [0, 0.05) is 31.4 Å². The third-order valence-corrected chi connectivity index (χ3v) is 4.35. The number of halogens is 2. The van der Waals surface area contributed by atoms with E-state index in [0.717, 1.165) is 0 Å². The van der Waals surface area contributed by atoms with Gasteiger partial charge in [0.05, 0.1) is 24.0 Å². The number of methoxy groups -OCH3 is 1. The van der Waals surface area contributed by atoms with Crippen LogP contribution in [-0.2, 0) is 0 Å². The molecule has 1 unspecified atom stereocenters. The van der Waals surface area contributed by atoms with Gasteiger partial charge in [-0.1, -0.05) is 41.9 Å². The molecular weight excluding hydrogens is 355 g/mol. The lowest BCUT2D eigenvalue weighted by molar-refractivity contribution is 0.103. The highest BCUT2D eigenvalue weighted by molar-refractivity contribution is 6.32. The molecule has 3 rings (SSSR count). The molecule has 1 atom stereocenters. The second-order valence-corrected chi connectivity index (χ2v) is 6.47. The molecule has 2 aromatic rings. The highest BCUT2D eigenvalue weighted by Gasteiger charge is 2.30. The van der Waals surface area contributed by atoms with Crippen LogP contribution in [0.3, 0.4) is 0 Å². The molecule has 1 aliphatic heterocycles. The SMILES string of the molecule is COc1cccc(F)c1C1=NC(Cl)C(=CN(C)C)C(=O)c2ccccc21. The van der Waals surface area contributed by atoms with Crippen molar-refractivity contribution in [2.75, 3.05) is 21.2 Å². The lowest BCUT2D eigenvalue weighted by Gasteiger charge is -2.13. The van der Waals surface area contributed by atoms with E-state index in [4.69, 9.17) is 16.3 Å². The summed E-state index contributed by atoms with van der Waals surface area (Å²) >= 11 is 6.44. The number of nitrogens with zero attached hydrogens (tertiary/aromatic N) is 2. The first kappa shape index (κ1) is 18.1. The van der Waals surface area contributed by atoms with Crippen molar-refractivity contribution in [2.45, 2.75) is 5.50 Å². The first-order valence-electron chi connectivity index (χ1n) is 8.01. The highest BCUT2D eigenvalue weighted by atomic mass is 35.5. The van der Waals surface area contributed by atoms with Gasteiger partial charge < -0.3 is 9.64 Å². The van der Waals surface area contributed by atoms with Crippen LogP contribution in [0.4, 0.5) is 4.39 Å². The predicted molar refractivity (Wildman–Crippen MR) is 101 cm³/mol. The molecule has 0 N–H and O–H groups in total. The molecule has 2 aromatic carbocycles. The molecule has 0 aromatic heterocycles. The molecule has 26 heavy (non-hydrogen) atoms. The molecule has 0 amide bonds. The smallest absolute Gasteiger partial charge is 0.194 e. The summed E-state index contributed by atoms with van der Waals surface area (Å²) in [5.41, 5.74) is 0.811. The van der Waals surface area contributed by atoms with Crippen LogP contribution < -0.4 is 4.74 Å². The minimum absolute atomic E-state index is 0.187. The Morgan fingerprint density at radius 1 is 1.15 bits per heavy atom. The summed E-state index contributed by atoms with van der Waals surface area (Å²) < 4.78 is 20.0. The van der Waals surface area contributed by atoms with Gasteiger partial charge in [0.15, 0.2) is 11.3 Å². The van der Waals surface area contributed by atoms with Gasteiger partial charge in [-0.25, -0.2) is 4.39 Å². The number of alkyl halides is 1. The van der Waals surface area contributed by atoms with E-state index in [0.29, 0.717) is 28.2 Å². The van der Waals surface area contributed by atoms with Crippen LogP contribution in [0.2, 0.25) is 0 Å². The van der Waals surface area contributed by atoms with E-state index in [1.165, 1.54) is 13.2 Å². The van der Waals surface area contributed by atoms with Crippen molar-refractivity contribution in [3.8, 4) is 5.75 Å². The van der Waals surface area contributed by atoms with Gasteiger partial charge in [-0.15, -0.1) is 0 Å². The monoisotopic (exact) mass is 372 g/mol. The average Bonchev–Trinajstić information content (AvgIpc) is 2.72.